The van der Waals surface area contributed by atoms with E-state index in [2.05, 4.69) is 62.9 Å². The molecule has 2 heterocycles. The van der Waals surface area contributed by atoms with E-state index in [-0.39, 0.29) is 10.8 Å². The summed E-state index contributed by atoms with van der Waals surface area (Å²) in [5.74, 6) is 0. The van der Waals surface area contributed by atoms with Gasteiger partial charge in [0.2, 0.25) is 0 Å². The molecule has 0 atom stereocenters. The summed E-state index contributed by atoms with van der Waals surface area (Å²) in [6, 6.07) is 11.3. The lowest BCUT2D eigenvalue weighted by Gasteiger charge is -2.27. The van der Waals surface area contributed by atoms with E-state index in [4.69, 9.17) is 0 Å². The van der Waals surface area contributed by atoms with Gasteiger partial charge in [-0.25, -0.2) is 0 Å². The van der Waals surface area contributed by atoms with Crippen molar-refractivity contribution in [2.75, 3.05) is 18.0 Å². The predicted octanol–water partition coefficient (Wildman–Crippen LogP) is 4.23. The van der Waals surface area contributed by atoms with Gasteiger partial charge in [0.1, 0.15) is 0 Å². The summed E-state index contributed by atoms with van der Waals surface area (Å²) < 4.78 is 0. The van der Waals surface area contributed by atoms with E-state index in [0.29, 0.717) is 0 Å². The van der Waals surface area contributed by atoms with Crippen LogP contribution in [0.15, 0.2) is 30.3 Å². The van der Waals surface area contributed by atoms with Crippen LogP contribution >= 0.6 is 0 Å². The van der Waals surface area contributed by atoms with E-state index >= 15 is 0 Å². The number of anilines is 1. The number of hydrogen-bond acceptors (Lipinski definition) is 1. The van der Waals surface area contributed by atoms with Gasteiger partial charge in [0.15, 0.2) is 0 Å². The quantitative estimate of drug-likeness (QED) is 0.677. The number of nitrogens with zero attached hydrogens (tertiary/aromatic N) is 1. The summed E-state index contributed by atoms with van der Waals surface area (Å²) >= 11 is 0. The molecule has 98 valence electrons. The molecule has 0 amide bonds. The van der Waals surface area contributed by atoms with Gasteiger partial charge in [0, 0.05) is 29.6 Å². The first-order valence-corrected chi connectivity index (χ1v) is 7.22. The Morgan fingerprint density at radius 2 is 1.63 bits per heavy atom. The minimum Gasteiger partial charge on any atom is -0.369 e. The van der Waals surface area contributed by atoms with Gasteiger partial charge in [-0.05, 0) is 28.0 Å². The first-order chi connectivity index (χ1) is 8.90. The minimum absolute atomic E-state index is 0.265. The normalized spacial score (nSPS) is 22.0. The smallest absolute Gasteiger partial charge is 0.0450 e. The molecule has 2 aromatic rings. The maximum absolute atomic E-state index is 2.61. The fourth-order valence-electron chi connectivity index (χ4n) is 4.20. The zero-order chi connectivity index (χ0) is 13.4. The van der Waals surface area contributed by atoms with Gasteiger partial charge in [-0.1, -0.05) is 52.0 Å². The molecule has 2 aliphatic heterocycles. The average molecular weight is 251 g/mol. The van der Waals surface area contributed by atoms with Gasteiger partial charge >= 0.3 is 0 Å². The lowest BCUT2D eigenvalue weighted by atomic mass is 9.78. The lowest BCUT2D eigenvalue weighted by Crippen LogP contribution is -2.33. The maximum atomic E-state index is 2.61. The molecular weight excluding hydrogens is 230 g/mol. The Bertz CT molecular complexity index is 694. The molecule has 0 fully saturated rings. The molecule has 4 rings (SSSR count). The Hall–Kier alpha value is -1.50. The Morgan fingerprint density at radius 3 is 2.42 bits per heavy atom. The van der Waals surface area contributed by atoms with Crippen LogP contribution in [0.1, 0.15) is 38.8 Å². The second-order valence-corrected chi connectivity index (χ2v) is 7.49. The molecule has 2 aromatic carbocycles. The Balaban J connectivity index is 2.19. The van der Waals surface area contributed by atoms with E-state index in [0.717, 1.165) is 13.1 Å². The first kappa shape index (κ1) is 11.3. The molecule has 0 unspecified atom stereocenters. The summed E-state index contributed by atoms with van der Waals surface area (Å²) in [4.78, 5) is 2.61. The molecule has 1 heteroatoms. The van der Waals surface area contributed by atoms with Crippen molar-refractivity contribution in [2.24, 2.45) is 0 Å². The van der Waals surface area contributed by atoms with Gasteiger partial charge in [-0.2, -0.15) is 0 Å². The second-order valence-electron chi connectivity index (χ2n) is 7.49. The maximum Gasteiger partial charge on any atom is 0.0450 e. The zero-order valence-corrected chi connectivity index (χ0v) is 12.2. The van der Waals surface area contributed by atoms with Crippen LogP contribution in [0, 0.1) is 0 Å². The van der Waals surface area contributed by atoms with E-state index < -0.39 is 0 Å². The Labute approximate surface area is 115 Å². The first-order valence-electron chi connectivity index (χ1n) is 7.22. The molecule has 0 bridgehead atoms. The third kappa shape index (κ3) is 1.31. The highest BCUT2D eigenvalue weighted by molar-refractivity contribution is 5.96. The summed E-state index contributed by atoms with van der Waals surface area (Å²) in [7, 11) is 0. The van der Waals surface area contributed by atoms with Crippen molar-refractivity contribution in [3.63, 3.8) is 0 Å². The molecular formula is C18H21N. The topological polar surface area (TPSA) is 3.24 Å². The summed E-state index contributed by atoms with van der Waals surface area (Å²) in [5.41, 5.74) is 5.21. The van der Waals surface area contributed by atoms with Gasteiger partial charge in [-0.15, -0.1) is 0 Å². The Kier molecular flexibility index (Phi) is 1.88. The number of fused-ring (bicyclic) bond motifs is 2. The van der Waals surface area contributed by atoms with Crippen LogP contribution in [0.5, 0.6) is 0 Å². The highest BCUT2D eigenvalue weighted by Crippen LogP contribution is 2.53. The highest BCUT2D eigenvalue weighted by Gasteiger charge is 2.46. The van der Waals surface area contributed by atoms with Crippen LogP contribution in [0.25, 0.3) is 10.8 Å². The summed E-state index contributed by atoms with van der Waals surface area (Å²) in [5, 5.41) is 2.85. The van der Waals surface area contributed by atoms with Gasteiger partial charge in [0.25, 0.3) is 0 Å². The largest absolute Gasteiger partial charge is 0.369 e. The van der Waals surface area contributed by atoms with E-state index in [1.165, 1.54) is 16.5 Å². The summed E-state index contributed by atoms with van der Waals surface area (Å²) in [6.07, 6.45) is 0. The van der Waals surface area contributed by atoms with Crippen molar-refractivity contribution < 1.29 is 0 Å². The number of benzene rings is 2. The highest BCUT2D eigenvalue weighted by atomic mass is 15.2. The van der Waals surface area contributed by atoms with Crippen LogP contribution in [0.3, 0.4) is 0 Å². The average Bonchev–Trinajstić information content (AvgIpc) is 2.72. The van der Waals surface area contributed by atoms with Crippen LogP contribution < -0.4 is 4.90 Å². The fraction of sp³-hybridized carbons (Fsp3) is 0.444. The fourth-order valence-corrected chi connectivity index (χ4v) is 4.20. The van der Waals surface area contributed by atoms with Crippen LogP contribution in [-0.4, -0.2) is 13.1 Å². The van der Waals surface area contributed by atoms with Crippen molar-refractivity contribution in [3.8, 4) is 0 Å². The molecule has 0 aromatic heterocycles. The van der Waals surface area contributed by atoms with Gasteiger partial charge in [-0.3, -0.25) is 0 Å². The van der Waals surface area contributed by atoms with Crippen LogP contribution in [0.4, 0.5) is 5.69 Å². The third-order valence-electron chi connectivity index (χ3n) is 4.92. The van der Waals surface area contributed by atoms with E-state index in [1.54, 1.807) is 11.1 Å². The van der Waals surface area contributed by atoms with Crippen molar-refractivity contribution in [3.05, 3.63) is 41.5 Å². The van der Waals surface area contributed by atoms with Crippen LogP contribution in [0.2, 0.25) is 0 Å². The van der Waals surface area contributed by atoms with Crippen molar-refractivity contribution in [1.29, 1.82) is 0 Å². The predicted molar refractivity (Wildman–Crippen MR) is 82.2 cm³/mol. The third-order valence-corrected chi connectivity index (χ3v) is 4.92. The molecule has 0 radical (unpaired) electrons. The van der Waals surface area contributed by atoms with E-state index in [1.807, 2.05) is 0 Å². The second kappa shape index (κ2) is 3.15. The van der Waals surface area contributed by atoms with Crippen molar-refractivity contribution in [1.82, 2.24) is 0 Å². The van der Waals surface area contributed by atoms with Crippen LogP contribution in [-0.2, 0) is 10.8 Å². The molecule has 2 aliphatic rings. The monoisotopic (exact) mass is 251 g/mol. The molecule has 0 N–H and O–H groups in total. The number of rotatable bonds is 0. The SMILES string of the molecule is CC1(C)CN2CC(C)(C)c3c2c1cc1ccccc31. The van der Waals surface area contributed by atoms with Gasteiger partial charge < -0.3 is 4.90 Å². The minimum atomic E-state index is 0.265. The molecule has 1 nitrogen and oxygen atoms in total. The molecule has 0 spiro atoms. The molecule has 19 heavy (non-hydrogen) atoms. The van der Waals surface area contributed by atoms with Gasteiger partial charge in [0.05, 0.1) is 0 Å². The van der Waals surface area contributed by atoms with Crippen molar-refractivity contribution in [2.45, 2.75) is 38.5 Å². The molecule has 0 aliphatic carbocycles. The summed E-state index contributed by atoms with van der Waals surface area (Å²) in [6.45, 7) is 11.9. The standard InChI is InChI=1S/C18H21N/c1-17(2)10-19-11-18(3,4)15-13-8-6-5-7-12(13)9-14(17)16(15)19/h5-9H,10-11H2,1-4H3. The lowest BCUT2D eigenvalue weighted by molar-refractivity contribution is 0.500. The van der Waals surface area contributed by atoms with Crippen molar-refractivity contribution >= 4 is 16.5 Å². The Morgan fingerprint density at radius 1 is 0.947 bits per heavy atom. The van der Waals surface area contributed by atoms with E-state index in [9.17, 15) is 0 Å². The zero-order valence-electron chi connectivity index (χ0n) is 12.2. The molecule has 0 saturated carbocycles. The number of hydrogen-bond donors (Lipinski definition) is 0. The molecule has 0 saturated heterocycles.